The predicted octanol–water partition coefficient (Wildman–Crippen LogP) is 1.55. The van der Waals surface area contributed by atoms with Crippen molar-refractivity contribution in [2.45, 2.75) is 13.0 Å². The van der Waals surface area contributed by atoms with E-state index in [0.29, 0.717) is 24.6 Å². The summed E-state index contributed by atoms with van der Waals surface area (Å²) >= 11 is 5.80. The molecule has 2 rings (SSSR count). The average molecular weight is 267 g/mol. The molecular formula is C12H15ClN4O. The Morgan fingerprint density at radius 2 is 2.06 bits per heavy atom. The third kappa shape index (κ3) is 3.21. The van der Waals surface area contributed by atoms with Gasteiger partial charge in [0.2, 0.25) is 0 Å². The first kappa shape index (κ1) is 12.9. The van der Waals surface area contributed by atoms with E-state index in [1.165, 1.54) is 0 Å². The molecule has 0 saturated heterocycles. The Bertz CT molecular complexity index is 509. The van der Waals surface area contributed by atoms with Gasteiger partial charge in [0.25, 0.3) is 0 Å². The van der Waals surface area contributed by atoms with Crippen LogP contribution in [0.15, 0.2) is 24.3 Å². The zero-order valence-corrected chi connectivity index (χ0v) is 10.9. The van der Waals surface area contributed by atoms with Crippen molar-refractivity contribution in [3.05, 3.63) is 40.9 Å². The molecule has 0 amide bonds. The second-order valence-electron chi connectivity index (χ2n) is 3.85. The number of benzene rings is 1. The molecule has 0 atom stereocenters. The van der Waals surface area contributed by atoms with Crippen LogP contribution < -0.4 is 10.5 Å². The molecular weight excluding hydrogens is 252 g/mol. The lowest BCUT2D eigenvalue weighted by Gasteiger charge is -2.04. The highest BCUT2D eigenvalue weighted by Crippen LogP contribution is 2.16. The summed E-state index contributed by atoms with van der Waals surface area (Å²) in [7, 11) is 1.84. The van der Waals surface area contributed by atoms with Crippen LogP contribution in [0.2, 0.25) is 5.02 Å². The maximum absolute atomic E-state index is 5.80. The van der Waals surface area contributed by atoms with Crippen LogP contribution in [-0.2, 0) is 20.1 Å². The van der Waals surface area contributed by atoms with Gasteiger partial charge in [-0.1, -0.05) is 11.6 Å². The predicted molar refractivity (Wildman–Crippen MR) is 69.5 cm³/mol. The second-order valence-corrected chi connectivity index (χ2v) is 4.29. The Morgan fingerprint density at radius 1 is 1.33 bits per heavy atom. The van der Waals surface area contributed by atoms with E-state index in [1.807, 2.05) is 19.2 Å². The standard InChI is InChI=1S/C12H15ClN4O/c1-17-12(15-11(16-17)6-7-14)8-18-10-4-2-9(13)3-5-10/h2-5H,6-8,14H2,1H3. The third-order valence-corrected chi connectivity index (χ3v) is 2.70. The van der Waals surface area contributed by atoms with Gasteiger partial charge in [0.15, 0.2) is 11.6 Å². The maximum Gasteiger partial charge on any atom is 0.164 e. The number of hydrogen-bond acceptors (Lipinski definition) is 4. The van der Waals surface area contributed by atoms with Crippen LogP contribution in [0.25, 0.3) is 0 Å². The van der Waals surface area contributed by atoms with Gasteiger partial charge in [-0.25, -0.2) is 9.67 Å². The largest absolute Gasteiger partial charge is 0.486 e. The highest BCUT2D eigenvalue weighted by Gasteiger charge is 2.07. The fraction of sp³-hybridized carbons (Fsp3) is 0.333. The molecule has 0 unspecified atom stereocenters. The number of hydrogen-bond donors (Lipinski definition) is 1. The van der Waals surface area contributed by atoms with Crippen molar-refractivity contribution in [3.8, 4) is 5.75 Å². The van der Waals surface area contributed by atoms with Gasteiger partial charge in [0, 0.05) is 18.5 Å². The molecule has 2 aromatic rings. The zero-order chi connectivity index (χ0) is 13.0. The number of nitrogens with two attached hydrogens (primary N) is 1. The van der Waals surface area contributed by atoms with Crippen molar-refractivity contribution in [1.29, 1.82) is 0 Å². The van der Waals surface area contributed by atoms with Crippen LogP contribution in [0.1, 0.15) is 11.6 Å². The van der Waals surface area contributed by atoms with E-state index in [-0.39, 0.29) is 0 Å². The fourth-order valence-electron chi connectivity index (χ4n) is 1.51. The molecule has 5 nitrogen and oxygen atoms in total. The summed E-state index contributed by atoms with van der Waals surface area (Å²) in [5.74, 6) is 2.27. The van der Waals surface area contributed by atoms with Gasteiger partial charge in [-0.15, -0.1) is 0 Å². The topological polar surface area (TPSA) is 66.0 Å². The smallest absolute Gasteiger partial charge is 0.164 e. The van der Waals surface area contributed by atoms with E-state index in [1.54, 1.807) is 16.8 Å². The van der Waals surface area contributed by atoms with Crippen LogP contribution in [0.4, 0.5) is 0 Å². The maximum atomic E-state index is 5.80. The molecule has 6 heteroatoms. The second kappa shape index (κ2) is 5.84. The summed E-state index contributed by atoms with van der Waals surface area (Å²) in [5.41, 5.74) is 5.47. The van der Waals surface area contributed by atoms with Gasteiger partial charge in [-0.2, -0.15) is 5.10 Å². The van der Waals surface area contributed by atoms with Gasteiger partial charge in [-0.3, -0.25) is 0 Å². The van der Waals surface area contributed by atoms with Gasteiger partial charge in [0.1, 0.15) is 12.4 Å². The Balaban J connectivity index is 1.99. The summed E-state index contributed by atoms with van der Waals surface area (Å²) in [6.45, 7) is 0.914. The van der Waals surface area contributed by atoms with Crippen LogP contribution in [0.5, 0.6) is 5.75 Å². The van der Waals surface area contributed by atoms with Crippen molar-refractivity contribution in [3.63, 3.8) is 0 Å². The quantitative estimate of drug-likeness (QED) is 0.892. The van der Waals surface area contributed by atoms with Crippen molar-refractivity contribution >= 4 is 11.6 Å². The number of rotatable bonds is 5. The lowest BCUT2D eigenvalue weighted by molar-refractivity contribution is 0.290. The summed E-state index contributed by atoms with van der Waals surface area (Å²) in [4.78, 5) is 4.35. The Morgan fingerprint density at radius 3 is 2.72 bits per heavy atom. The molecule has 0 fully saturated rings. The van der Waals surface area contributed by atoms with Crippen molar-refractivity contribution in [1.82, 2.24) is 14.8 Å². The highest BCUT2D eigenvalue weighted by atomic mass is 35.5. The van der Waals surface area contributed by atoms with Gasteiger partial charge in [0.05, 0.1) is 0 Å². The normalized spacial score (nSPS) is 10.6. The molecule has 96 valence electrons. The number of ether oxygens (including phenoxy) is 1. The fourth-order valence-corrected chi connectivity index (χ4v) is 1.64. The Kier molecular flexibility index (Phi) is 4.17. The molecule has 0 spiro atoms. The van der Waals surface area contributed by atoms with E-state index >= 15 is 0 Å². The summed E-state index contributed by atoms with van der Waals surface area (Å²) in [5, 5.41) is 4.94. The summed E-state index contributed by atoms with van der Waals surface area (Å²) in [6.07, 6.45) is 0.675. The third-order valence-electron chi connectivity index (χ3n) is 2.45. The minimum Gasteiger partial charge on any atom is -0.486 e. The van der Waals surface area contributed by atoms with E-state index < -0.39 is 0 Å². The molecule has 0 saturated carbocycles. The molecule has 1 aromatic heterocycles. The van der Waals surface area contributed by atoms with Crippen LogP contribution in [0.3, 0.4) is 0 Å². The zero-order valence-electron chi connectivity index (χ0n) is 10.1. The molecule has 1 aromatic carbocycles. The lowest BCUT2D eigenvalue weighted by atomic mass is 10.3. The molecule has 2 N–H and O–H groups in total. The first-order valence-corrected chi connectivity index (χ1v) is 6.04. The first-order chi connectivity index (χ1) is 8.69. The lowest BCUT2D eigenvalue weighted by Crippen LogP contribution is -2.04. The van der Waals surface area contributed by atoms with Crippen LogP contribution in [-0.4, -0.2) is 21.3 Å². The van der Waals surface area contributed by atoms with Gasteiger partial charge < -0.3 is 10.5 Å². The van der Waals surface area contributed by atoms with E-state index in [4.69, 9.17) is 22.1 Å². The minimum atomic E-state index is 0.371. The highest BCUT2D eigenvalue weighted by molar-refractivity contribution is 6.30. The number of halogens is 1. The SMILES string of the molecule is Cn1nc(CCN)nc1COc1ccc(Cl)cc1. The monoisotopic (exact) mass is 266 g/mol. The number of aromatic nitrogens is 3. The van der Waals surface area contributed by atoms with Gasteiger partial charge in [-0.05, 0) is 30.8 Å². The van der Waals surface area contributed by atoms with Gasteiger partial charge >= 0.3 is 0 Å². The molecule has 0 radical (unpaired) electrons. The molecule has 0 aliphatic heterocycles. The van der Waals surface area contributed by atoms with Crippen LogP contribution >= 0.6 is 11.6 Å². The molecule has 18 heavy (non-hydrogen) atoms. The molecule has 0 bridgehead atoms. The van der Waals surface area contributed by atoms with E-state index in [2.05, 4.69) is 10.1 Å². The summed E-state index contributed by atoms with van der Waals surface area (Å²) < 4.78 is 7.32. The Hall–Kier alpha value is -1.59. The van der Waals surface area contributed by atoms with E-state index in [0.717, 1.165) is 17.4 Å². The van der Waals surface area contributed by atoms with E-state index in [9.17, 15) is 0 Å². The van der Waals surface area contributed by atoms with Crippen molar-refractivity contribution < 1.29 is 4.74 Å². The van der Waals surface area contributed by atoms with Crippen molar-refractivity contribution in [2.24, 2.45) is 12.8 Å². The average Bonchev–Trinajstić information content (AvgIpc) is 2.70. The number of nitrogens with zero attached hydrogens (tertiary/aromatic N) is 3. The first-order valence-electron chi connectivity index (χ1n) is 5.66. The molecule has 0 aliphatic carbocycles. The Labute approximate surface area is 111 Å². The van der Waals surface area contributed by atoms with Crippen molar-refractivity contribution in [2.75, 3.05) is 6.54 Å². The van der Waals surface area contributed by atoms with Crippen LogP contribution in [0, 0.1) is 0 Å². The molecule has 1 heterocycles. The summed E-state index contributed by atoms with van der Waals surface area (Å²) in [6, 6.07) is 7.21. The number of aryl methyl sites for hydroxylation is 1. The minimum absolute atomic E-state index is 0.371. The molecule has 0 aliphatic rings.